The number of urea groups is 1. The number of nitrogens with two attached hydrogens (primary N) is 5. The highest BCUT2D eigenvalue weighted by molar-refractivity contribution is 7.92. The highest BCUT2D eigenvalue weighted by Gasteiger charge is 2.54. The summed E-state index contributed by atoms with van der Waals surface area (Å²) >= 11 is 6.18. The number of guanidine groups is 5. The van der Waals surface area contributed by atoms with Gasteiger partial charge in [0.05, 0.1) is 41.3 Å². The minimum Gasteiger partial charge on any atom is -0.392 e. The number of carbonyl (C=O) groups is 6. The number of carbonyl (C=O) groups excluding carboxylic acids is 6. The van der Waals surface area contributed by atoms with Gasteiger partial charge >= 0.3 is 6.03 Å². The minimum atomic E-state index is -3.41. The number of anilines is 1. The van der Waals surface area contributed by atoms with Gasteiger partial charge in [0.15, 0.2) is 40.9 Å². The summed E-state index contributed by atoms with van der Waals surface area (Å²) in [7, 11) is 1.61. The number of benzene rings is 8. The summed E-state index contributed by atoms with van der Waals surface area (Å²) in [6, 6.07) is 74.9. The molecule has 148 heavy (non-hydrogen) atoms. The van der Waals surface area contributed by atoms with Crippen molar-refractivity contribution >= 4 is 92.7 Å². The van der Waals surface area contributed by atoms with Crippen molar-refractivity contribution in [3.05, 3.63) is 305 Å². The minimum absolute atomic E-state index is 0.0296. The number of aliphatic hydroxyl groups excluding tert-OH is 1. The Kier molecular flexibility index (Phi) is 34.3. The number of amides is 7. The number of likely N-dealkylation sites (N-methyl/N-ethyl adjacent to an activating group) is 1. The molecule has 9 aliphatic rings. The molecule has 10 atom stereocenters. The summed E-state index contributed by atoms with van der Waals surface area (Å²) in [5, 5.41) is 13.6. The smallest absolute Gasteiger partial charge is 0.317 e. The number of aliphatic imine (C=N–C) groups is 5. The van der Waals surface area contributed by atoms with Gasteiger partial charge in [0.2, 0.25) is 21.8 Å². The van der Waals surface area contributed by atoms with Gasteiger partial charge in [-0.25, -0.2) is 38.2 Å². The van der Waals surface area contributed by atoms with Gasteiger partial charge in [-0.15, -0.1) is 24.7 Å². The molecule has 1 unspecified atom stereocenters. The molecule has 2 saturated heterocycles. The molecule has 19 rings (SSSR count). The molecule has 7 amide bonds. The Balaban J connectivity index is 0.000000140. The standard InChI is InChI=1S/C29H30ClN5O2.C24H24N4O3S.C23H40N4O2.2C20H20N4O/c1-29(24-11-5-9-22(15-24)23-10-6-12-25(30)16-23)26(36)35(27(31)33-29)19-21-13-14-34(18-21)28(37)32-17-20-7-3-2-4-8-20;1-2-32(30,31)27-21-15-9-10-18(16-21)17-28-22(29)24(26-23(28)25,19-11-5-3-6-12-19)20-13-7-4-8-14-20;1-26-21(29)23(25-22(26)24,12-10-17-6-3-2-4-7-17)15-18-8-5-9-19(14-18)27-13-11-20(28)16-27;2*1-4-7-17-18(25)24(3)19(21)23-20(17,2)16-10-5-8-14(12-16)15-9-6-11-22-13-15/h2-12,15-16,21H,13-14,17-19H2,1H3,(H2,31,33)(H,32,37);3-16,27H,2,17H2,1H3,(H2,25,26);17-20,28H,2-16H2,1H3,(H2,24,25);2*1,5-6,8-13,17H,7H2,2-3H3,(H2,21,23)/t21-,29?;;18-,19+,20-,23+;17-,20+;17-,20-/m0.001/s1. The largest absolute Gasteiger partial charge is 0.392 e. The second kappa shape index (κ2) is 47.3. The van der Waals surface area contributed by atoms with Crippen molar-refractivity contribution in [3.63, 3.8) is 0 Å². The Hall–Kier alpha value is -14.9. The highest BCUT2D eigenvalue weighted by Crippen LogP contribution is 2.47. The van der Waals surface area contributed by atoms with Crippen LogP contribution in [0.2, 0.25) is 5.02 Å². The van der Waals surface area contributed by atoms with Gasteiger partial charge in [-0.1, -0.05) is 239 Å². The van der Waals surface area contributed by atoms with Gasteiger partial charge in [0, 0.05) is 115 Å². The van der Waals surface area contributed by atoms with Gasteiger partial charge in [0.1, 0.15) is 5.54 Å². The van der Waals surface area contributed by atoms with Gasteiger partial charge in [0.25, 0.3) is 17.7 Å². The summed E-state index contributed by atoms with van der Waals surface area (Å²) in [6.07, 6.45) is 34.4. The van der Waals surface area contributed by atoms with E-state index in [2.05, 4.69) is 56.7 Å². The number of nitrogens with one attached hydrogen (secondary N) is 2. The number of aromatic nitrogens is 2. The SMILES string of the molecule is C#CC[C@@H]1C(=O)N(C)C(N)=N[C@]1(C)c1cccc(-c2cccnc2)c1.C#CC[C@H]1C(=O)N(C)C(N)=N[C@]1(C)c1cccc(-c2cccnc2)c1.CC1(c2cccc(-c3cccc(Cl)c3)c2)N=C(N)N(C[C@H]2CCN(C(=O)NCc3ccccc3)C2)C1=O.CCS(=O)(=O)Nc1cccc(CN2C(=O)C(c3ccccc3)(c3ccccc3)N=C2N)c1.CN1C(=O)[C@@](CCC2CCCCC2)(C[C@H]2CCC[C@@H](N3CC[C@H](O)C3)C2)N=C1N. The van der Waals surface area contributed by atoms with Crippen molar-refractivity contribution in [2.45, 2.75) is 183 Å². The van der Waals surface area contributed by atoms with E-state index in [0.717, 1.165) is 130 Å². The Bertz CT molecular complexity index is 6620. The summed E-state index contributed by atoms with van der Waals surface area (Å²) in [5.41, 5.74) is 38.2. The van der Waals surface area contributed by atoms with Crippen molar-refractivity contribution in [3.8, 4) is 58.1 Å². The fraction of sp³-hybridized carbons (Fsp3) is 0.371. The molecule has 30 nitrogen and oxygen atoms in total. The maximum Gasteiger partial charge on any atom is 0.317 e. The van der Waals surface area contributed by atoms with Crippen LogP contribution in [0.5, 0.6) is 0 Å². The van der Waals surface area contributed by atoms with E-state index in [-0.39, 0.29) is 83.7 Å². The first kappa shape index (κ1) is 107. The Labute approximate surface area is 873 Å². The quantitative estimate of drug-likeness (QED) is 0.0246. The van der Waals surface area contributed by atoms with Crippen LogP contribution in [0.15, 0.2) is 286 Å². The summed E-state index contributed by atoms with van der Waals surface area (Å²) in [6.45, 7) is 11.3. The van der Waals surface area contributed by atoms with E-state index >= 15 is 0 Å². The number of pyridine rings is 2. The van der Waals surface area contributed by atoms with Crippen LogP contribution in [0, 0.1) is 54.3 Å². The molecule has 13 N–H and O–H groups in total. The fourth-order valence-electron chi connectivity index (χ4n) is 21.7. The lowest BCUT2D eigenvalue weighted by Gasteiger charge is -2.40. The Morgan fingerprint density at radius 2 is 1.00 bits per heavy atom. The summed E-state index contributed by atoms with van der Waals surface area (Å²) < 4.78 is 26.4. The first-order chi connectivity index (χ1) is 71.1. The van der Waals surface area contributed by atoms with Gasteiger partial charge in [-0.05, 0) is 217 Å². The molecule has 10 aromatic rings. The average Bonchev–Trinajstić information content (AvgIpc) is 1.15. The predicted octanol–water partition coefficient (Wildman–Crippen LogP) is 15.3. The molecule has 7 aliphatic heterocycles. The molecule has 9 heterocycles. The summed E-state index contributed by atoms with van der Waals surface area (Å²) in [5.74, 6) is 6.27. The molecule has 770 valence electrons. The third-order valence-corrected chi connectivity index (χ3v) is 31.8. The van der Waals surface area contributed by atoms with Crippen molar-refractivity contribution in [1.29, 1.82) is 0 Å². The zero-order chi connectivity index (χ0) is 105. The van der Waals surface area contributed by atoms with E-state index in [4.69, 9.17) is 58.1 Å². The number of rotatable bonds is 25. The maximum absolute atomic E-state index is 13.8. The van der Waals surface area contributed by atoms with E-state index in [1.54, 1.807) is 92.7 Å². The molecule has 2 aromatic heterocycles. The molecular weight excluding hydrogens is 1900 g/mol. The number of nitrogens with zero attached hydrogens (tertiary/aromatic N) is 14. The van der Waals surface area contributed by atoms with Gasteiger partial charge in [-0.3, -0.25) is 68.1 Å². The lowest BCUT2D eigenvalue weighted by molar-refractivity contribution is -0.134. The number of halogens is 1. The lowest BCUT2D eigenvalue weighted by Crippen LogP contribution is -2.53. The second-order valence-corrected chi connectivity index (χ2v) is 42.6. The van der Waals surface area contributed by atoms with Crippen LogP contribution in [-0.2, 0) is 69.2 Å². The molecule has 2 saturated carbocycles. The fourth-order valence-corrected chi connectivity index (χ4v) is 22.5. The van der Waals surface area contributed by atoms with Crippen LogP contribution in [0.4, 0.5) is 10.5 Å². The molecule has 0 bridgehead atoms. The van der Waals surface area contributed by atoms with Gasteiger partial charge < -0.3 is 44.0 Å². The maximum atomic E-state index is 13.8. The van der Waals surface area contributed by atoms with E-state index in [9.17, 15) is 42.3 Å². The van der Waals surface area contributed by atoms with Crippen molar-refractivity contribution in [2.75, 3.05) is 64.3 Å². The van der Waals surface area contributed by atoms with Crippen molar-refractivity contribution < 1.29 is 42.3 Å². The first-order valence-electron chi connectivity index (χ1n) is 50.8. The van der Waals surface area contributed by atoms with Crippen LogP contribution in [0.25, 0.3) is 33.4 Å². The third kappa shape index (κ3) is 24.3. The van der Waals surface area contributed by atoms with Crippen LogP contribution in [0.3, 0.4) is 0 Å². The normalized spacial score (nSPS) is 23.8. The average molecular weight is 2030 g/mol. The highest BCUT2D eigenvalue weighted by atomic mass is 35.5. The molecule has 0 radical (unpaired) electrons. The summed E-state index contributed by atoms with van der Waals surface area (Å²) in [4.78, 5) is 122. The Morgan fingerprint density at radius 1 is 0.493 bits per heavy atom. The predicted molar refractivity (Wildman–Crippen MR) is 584 cm³/mol. The monoisotopic (exact) mass is 2030 g/mol. The molecule has 8 aromatic carbocycles. The van der Waals surface area contributed by atoms with E-state index in [1.165, 1.54) is 66.1 Å². The molecule has 4 fully saturated rings. The van der Waals surface area contributed by atoms with Crippen LogP contribution in [0.1, 0.15) is 169 Å². The Morgan fingerprint density at radius 3 is 1.53 bits per heavy atom. The number of β-amino-alcohol motifs (C(OH)–C–C–N with tert-alkyl or cyclic N) is 1. The molecule has 32 heteroatoms. The zero-order valence-corrected chi connectivity index (χ0v) is 86.7. The topological polar surface area (TPSA) is 421 Å². The number of sulfonamides is 1. The zero-order valence-electron chi connectivity index (χ0n) is 85.1. The number of aliphatic hydroxyl groups is 1. The number of terminal acetylenes is 2. The van der Waals surface area contributed by atoms with Crippen LogP contribution in [-0.4, -0.2) is 200 Å². The van der Waals surface area contributed by atoms with Crippen LogP contribution >= 0.6 is 11.6 Å². The molecule has 2 aliphatic carbocycles. The number of hydrogen-bond acceptors (Lipinski definition) is 22. The molecular formula is C116H134ClN21O9S. The lowest BCUT2D eigenvalue weighted by atomic mass is 9.74. The van der Waals surface area contributed by atoms with Crippen LogP contribution < -0.4 is 38.7 Å². The third-order valence-electron chi connectivity index (χ3n) is 30.3. The van der Waals surface area contributed by atoms with Crippen molar-refractivity contribution in [1.82, 2.24) is 49.6 Å². The number of hydrogen-bond donors (Lipinski definition) is 8. The molecule has 0 spiro atoms. The van der Waals surface area contributed by atoms with E-state index in [0.29, 0.717) is 67.6 Å². The van der Waals surface area contributed by atoms with E-state index < -0.39 is 49.6 Å². The van der Waals surface area contributed by atoms with E-state index in [1.807, 2.05) is 232 Å². The van der Waals surface area contributed by atoms with Crippen molar-refractivity contribution in [2.24, 2.45) is 83.2 Å². The second-order valence-electron chi connectivity index (χ2n) is 40.1. The van der Waals surface area contributed by atoms with Gasteiger partial charge in [-0.2, -0.15) is 0 Å². The number of likely N-dealkylation sites (tertiary alicyclic amines) is 2. The first-order valence-corrected chi connectivity index (χ1v) is 52.8.